The summed E-state index contributed by atoms with van der Waals surface area (Å²) in [5, 5.41) is 9.48. The summed E-state index contributed by atoms with van der Waals surface area (Å²) in [5.41, 5.74) is 3.43. The highest BCUT2D eigenvalue weighted by molar-refractivity contribution is 7.13. The molecule has 0 spiro atoms. The molecule has 0 fully saturated rings. The summed E-state index contributed by atoms with van der Waals surface area (Å²) < 4.78 is 16.0. The zero-order chi connectivity index (χ0) is 24.2. The Hall–Kier alpha value is -3.92. The van der Waals surface area contributed by atoms with Gasteiger partial charge in [-0.3, -0.25) is 4.79 Å². The Kier molecular flexibility index (Phi) is 6.78. The lowest BCUT2D eigenvalue weighted by molar-refractivity contribution is 0.102. The van der Waals surface area contributed by atoms with Crippen LogP contribution in [-0.4, -0.2) is 48.5 Å². The molecule has 1 aliphatic heterocycles. The van der Waals surface area contributed by atoms with Crippen LogP contribution in [-0.2, 0) is 11.3 Å². The molecule has 0 saturated carbocycles. The minimum Gasteiger partial charge on any atom is -0.493 e. The molecule has 1 aromatic heterocycles. The van der Waals surface area contributed by atoms with E-state index < -0.39 is 6.09 Å². The highest BCUT2D eigenvalue weighted by atomic mass is 32.1. The van der Waals surface area contributed by atoms with Gasteiger partial charge in [-0.25, -0.2) is 9.78 Å². The van der Waals surface area contributed by atoms with Crippen LogP contribution in [0.4, 0.5) is 10.5 Å². The van der Waals surface area contributed by atoms with Gasteiger partial charge in [-0.2, -0.15) is 10.1 Å². The monoisotopic (exact) mass is 480 g/mol. The standard InChI is InChI=1S/C24H24N4O5S/c1-14-22(34-15(2)25-14)23(29)26-18-7-5-6-16(10-18)12-28-24(30)33-13-19(27-28)17-8-9-20(31-3)21(11-17)32-4/h5-11H,12-13H2,1-4H3,(H,26,29). The number of carbonyl (C=O) groups is 2. The van der Waals surface area contributed by atoms with Crippen LogP contribution in [0.15, 0.2) is 47.6 Å². The summed E-state index contributed by atoms with van der Waals surface area (Å²) in [7, 11) is 3.12. The lowest BCUT2D eigenvalue weighted by Gasteiger charge is -2.24. The molecule has 2 amide bonds. The summed E-state index contributed by atoms with van der Waals surface area (Å²) >= 11 is 1.35. The van der Waals surface area contributed by atoms with Crippen LogP contribution in [0.5, 0.6) is 11.5 Å². The van der Waals surface area contributed by atoms with Gasteiger partial charge in [-0.15, -0.1) is 11.3 Å². The number of aryl methyl sites for hydroxylation is 2. The predicted molar refractivity (Wildman–Crippen MR) is 129 cm³/mol. The second-order valence-electron chi connectivity index (χ2n) is 7.53. The summed E-state index contributed by atoms with van der Waals surface area (Å²) in [6.07, 6.45) is -0.547. The number of cyclic esters (lactones) is 1. The molecule has 4 rings (SSSR count). The van der Waals surface area contributed by atoms with E-state index >= 15 is 0 Å². The zero-order valence-electron chi connectivity index (χ0n) is 19.2. The molecule has 3 aromatic rings. The van der Waals surface area contributed by atoms with E-state index in [1.807, 2.05) is 32.0 Å². The molecule has 0 unspecified atom stereocenters. The van der Waals surface area contributed by atoms with Crippen LogP contribution in [0.25, 0.3) is 0 Å². The first-order chi connectivity index (χ1) is 16.4. The van der Waals surface area contributed by atoms with Gasteiger partial charge in [0.25, 0.3) is 5.91 Å². The van der Waals surface area contributed by atoms with Gasteiger partial charge in [0.15, 0.2) is 11.5 Å². The van der Waals surface area contributed by atoms with E-state index in [4.69, 9.17) is 14.2 Å². The smallest absolute Gasteiger partial charge is 0.431 e. The molecule has 0 bridgehead atoms. The molecule has 0 radical (unpaired) electrons. The molecule has 176 valence electrons. The number of methoxy groups -OCH3 is 2. The molecular weight excluding hydrogens is 456 g/mol. The Balaban J connectivity index is 1.52. The Morgan fingerprint density at radius 1 is 1.15 bits per heavy atom. The molecule has 1 N–H and O–H groups in total. The summed E-state index contributed by atoms with van der Waals surface area (Å²) in [5.74, 6) is 0.936. The first kappa shape index (κ1) is 23.2. The molecular formula is C24H24N4O5S. The maximum Gasteiger partial charge on any atom is 0.431 e. The molecule has 0 atom stereocenters. The first-order valence-corrected chi connectivity index (χ1v) is 11.3. The van der Waals surface area contributed by atoms with Crippen molar-refractivity contribution in [2.45, 2.75) is 20.4 Å². The number of nitrogens with zero attached hydrogens (tertiary/aromatic N) is 3. The number of hydrogen-bond acceptors (Lipinski definition) is 8. The van der Waals surface area contributed by atoms with Gasteiger partial charge in [0.1, 0.15) is 17.2 Å². The van der Waals surface area contributed by atoms with Gasteiger partial charge in [0.2, 0.25) is 0 Å². The summed E-state index contributed by atoms with van der Waals surface area (Å²) in [6, 6.07) is 12.6. The molecule has 9 nitrogen and oxygen atoms in total. The third kappa shape index (κ3) is 5.01. The molecule has 2 aromatic carbocycles. The van der Waals surface area contributed by atoms with E-state index in [2.05, 4.69) is 15.4 Å². The maximum absolute atomic E-state index is 12.6. The average Bonchev–Trinajstić information content (AvgIpc) is 3.18. The number of benzene rings is 2. The first-order valence-electron chi connectivity index (χ1n) is 10.5. The van der Waals surface area contributed by atoms with Crippen molar-refractivity contribution in [3.63, 3.8) is 0 Å². The van der Waals surface area contributed by atoms with E-state index in [9.17, 15) is 9.59 Å². The number of aromatic nitrogens is 1. The Bertz CT molecular complexity index is 1270. The SMILES string of the molecule is COc1ccc(C2=NN(Cc3cccc(NC(=O)c4sc(C)nc4C)c3)C(=O)OC2)cc1OC. The number of hydrazone groups is 1. The van der Waals surface area contributed by atoms with Gasteiger partial charge in [-0.1, -0.05) is 12.1 Å². The number of amides is 2. The van der Waals surface area contributed by atoms with E-state index in [1.54, 1.807) is 38.5 Å². The van der Waals surface area contributed by atoms with E-state index in [0.29, 0.717) is 33.5 Å². The highest BCUT2D eigenvalue weighted by Crippen LogP contribution is 2.28. The van der Waals surface area contributed by atoms with Crippen molar-refractivity contribution in [2.24, 2.45) is 5.10 Å². The second-order valence-corrected chi connectivity index (χ2v) is 8.73. The number of nitrogens with one attached hydrogen (secondary N) is 1. The van der Waals surface area contributed by atoms with E-state index in [-0.39, 0.29) is 19.1 Å². The quantitative estimate of drug-likeness (QED) is 0.538. The zero-order valence-corrected chi connectivity index (χ0v) is 20.1. The van der Waals surface area contributed by atoms with Gasteiger partial charge in [0, 0.05) is 11.3 Å². The number of anilines is 1. The average molecular weight is 481 g/mol. The second kappa shape index (κ2) is 9.92. The van der Waals surface area contributed by atoms with Crippen molar-refractivity contribution in [2.75, 3.05) is 26.1 Å². The van der Waals surface area contributed by atoms with Crippen LogP contribution in [0, 0.1) is 13.8 Å². The van der Waals surface area contributed by atoms with Crippen molar-refractivity contribution in [3.8, 4) is 11.5 Å². The van der Waals surface area contributed by atoms with Crippen molar-refractivity contribution in [1.29, 1.82) is 0 Å². The number of ether oxygens (including phenoxy) is 3. The lowest BCUT2D eigenvalue weighted by atomic mass is 10.1. The summed E-state index contributed by atoms with van der Waals surface area (Å²) in [6.45, 7) is 3.90. The number of thiazole rings is 1. The molecule has 2 heterocycles. The number of hydrogen-bond donors (Lipinski definition) is 1. The van der Waals surface area contributed by atoms with Crippen LogP contribution in [0.2, 0.25) is 0 Å². The number of carbonyl (C=O) groups excluding carboxylic acids is 2. The minimum atomic E-state index is -0.547. The maximum atomic E-state index is 12.6. The Labute approximate surface area is 201 Å². The minimum absolute atomic E-state index is 0.0501. The fraction of sp³-hybridized carbons (Fsp3) is 0.250. The van der Waals surface area contributed by atoms with E-state index in [1.165, 1.54) is 16.3 Å². The van der Waals surface area contributed by atoms with Gasteiger partial charge in [0.05, 0.1) is 31.5 Å². The van der Waals surface area contributed by atoms with Crippen LogP contribution in [0.1, 0.15) is 31.5 Å². The summed E-state index contributed by atoms with van der Waals surface area (Å²) in [4.78, 5) is 29.9. The lowest BCUT2D eigenvalue weighted by Crippen LogP contribution is -2.35. The van der Waals surface area contributed by atoms with Crippen LogP contribution < -0.4 is 14.8 Å². The normalized spacial score (nSPS) is 13.2. The van der Waals surface area contributed by atoms with Gasteiger partial charge in [-0.05, 0) is 49.7 Å². The fourth-order valence-corrected chi connectivity index (χ4v) is 4.34. The van der Waals surface area contributed by atoms with Crippen LogP contribution in [0.3, 0.4) is 0 Å². The van der Waals surface area contributed by atoms with Gasteiger partial charge < -0.3 is 19.5 Å². The highest BCUT2D eigenvalue weighted by Gasteiger charge is 2.24. The molecule has 1 aliphatic rings. The molecule has 0 saturated heterocycles. The van der Waals surface area contributed by atoms with Crippen molar-refractivity contribution in [1.82, 2.24) is 9.99 Å². The third-order valence-electron chi connectivity index (χ3n) is 5.13. The topological polar surface area (TPSA) is 102 Å². The predicted octanol–water partition coefficient (Wildman–Crippen LogP) is 4.39. The molecule has 34 heavy (non-hydrogen) atoms. The largest absolute Gasteiger partial charge is 0.493 e. The Morgan fingerprint density at radius 2 is 1.94 bits per heavy atom. The van der Waals surface area contributed by atoms with Gasteiger partial charge >= 0.3 is 6.09 Å². The number of rotatable bonds is 7. The molecule has 0 aliphatic carbocycles. The fourth-order valence-electron chi connectivity index (χ4n) is 3.53. The molecule has 10 heteroatoms. The Morgan fingerprint density at radius 3 is 2.65 bits per heavy atom. The van der Waals surface area contributed by atoms with Crippen molar-refractivity contribution >= 4 is 34.7 Å². The van der Waals surface area contributed by atoms with Crippen LogP contribution >= 0.6 is 11.3 Å². The van der Waals surface area contributed by atoms with E-state index in [0.717, 1.165) is 16.1 Å². The van der Waals surface area contributed by atoms with Crippen molar-refractivity contribution < 1.29 is 23.8 Å². The van der Waals surface area contributed by atoms with Crippen molar-refractivity contribution in [3.05, 3.63) is 69.2 Å². The third-order valence-corrected chi connectivity index (χ3v) is 6.20.